The van der Waals surface area contributed by atoms with Crippen molar-refractivity contribution in [3.63, 3.8) is 0 Å². The second kappa shape index (κ2) is 43.5. The van der Waals surface area contributed by atoms with Gasteiger partial charge >= 0.3 is 0 Å². The molecule has 0 unspecified atom stereocenters. The highest BCUT2D eigenvalue weighted by Gasteiger charge is 2.20. The standard InChI is InChI=1S/C55H78N4O3/c1-3-5-7-9-11-13-15-17-19-21-23-25-27-29-31-33-35-37-39-44-53(60)57-48-42-41-43-52(55(62)58-51-46-49-56-50-47-51)59-54(61)45-40-38-36-34-32-30-28-26-24-22-20-18-16-14-12-10-8-6-4-2/h5-8,11-14,17-20,23-26,29-32,35-38,46-47,49-50,52H,3-4,9-10,15-16,21-22,27-28,33-34,39-45,48H2,1-2H3,(H,57,60)(H,59,61)(H,56,58,62)/t52-/m0/s1. The number of carbonyl (C=O) groups is 3. The first-order valence-corrected chi connectivity index (χ1v) is 23.1. The molecule has 3 N–H and O–H groups in total. The van der Waals surface area contributed by atoms with Crippen molar-refractivity contribution in [1.29, 1.82) is 0 Å². The fraction of sp³-hybridized carbons (Fsp3) is 0.418. The summed E-state index contributed by atoms with van der Waals surface area (Å²) in [5, 5.41) is 8.80. The Morgan fingerprint density at radius 3 is 1.23 bits per heavy atom. The van der Waals surface area contributed by atoms with Crippen LogP contribution < -0.4 is 16.0 Å². The summed E-state index contributed by atoms with van der Waals surface area (Å²) in [5.41, 5.74) is 0.626. The summed E-state index contributed by atoms with van der Waals surface area (Å²) in [6.07, 6.45) is 70.6. The Hall–Kier alpha value is -5.56. The molecule has 7 heteroatoms. The van der Waals surface area contributed by atoms with Gasteiger partial charge in [-0.1, -0.05) is 160 Å². The van der Waals surface area contributed by atoms with Crippen LogP contribution in [-0.2, 0) is 14.4 Å². The Balaban J connectivity index is 2.27. The lowest BCUT2D eigenvalue weighted by Crippen LogP contribution is -2.43. The second-order valence-electron chi connectivity index (χ2n) is 14.6. The maximum absolute atomic E-state index is 13.1. The number of hydrogen-bond acceptors (Lipinski definition) is 4. The molecule has 0 saturated heterocycles. The van der Waals surface area contributed by atoms with Gasteiger partial charge in [-0.15, -0.1) is 0 Å². The van der Waals surface area contributed by atoms with Gasteiger partial charge in [0, 0.05) is 37.5 Å². The molecule has 0 fully saturated rings. The van der Waals surface area contributed by atoms with Crippen molar-refractivity contribution in [2.24, 2.45) is 0 Å². The van der Waals surface area contributed by atoms with Crippen molar-refractivity contribution in [1.82, 2.24) is 15.6 Å². The highest BCUT2D eigenvalue weighted by molar-refractivity contribution is 5.97. The molecule has 0 saturated carbocycles. The normalized spacial score (nSPS) is 13.3. The Morgan fingerprint density at radius 1 is 0.484 bits per heavy atom. The van der Waals surface area contributed by atoms with Gasteiger partial charge in [0.1, 0.15) is 6.04 Å². The molecule has 1 rings (SSSR count). The van der Waals surface area contributed by atoms with E-state index in [1.165, 1.54) is 0 Å². The number of rotatable bonds is 36. The minimum atomic E-state index is -0.676. The van der Waals surface area contributed by atoms with E-state index < -0.39 is 6.04 Å². The first-order valence-electron chi connectivity index (χ1n) is 23.1. The first kappa shape index (κ1) is 54.5. The molecule has 1 atom stereocenters. The van der Waals surface area contributed by atoms with E-state index in [2.05, 4.69) is 175 Å². The SMILES string of the molecule is CCC=CCC=CCC=CCC=CCC=CCC=CCCC(=O)NCCCC[C@H](NC(=O)CCC=CCC=CCC=CCC=CCC=CCC=CCC)C(=O)Nc1ccncc1. The molecule has 0 aliphatic carbocycles. The zero-order chi connectivity index (χ0) is 44.7. The summed E-state index contributed by atoms with van der Waals surface area (Å²) in [4.78, 5) is 42.4. The highest BCUT2D eigenvalue weighted by atomic mass is 16.2. The number of hydrogen-bond donors (Lipinski definition) is 3. The molecule has 0 aromatic carbocycles. The van der Waals surface area contributed by atoms with E-state index in [0.29, 0.717) is 57.2 Å². The molecule has 0 bridgehead atoms. The zero-order valence-electron chi connectivity index (χ0n) is 38.1. The van der Waals surface area contributed by atoms with Gasteiger partial charge in [-0.25, -0.2) is 0 Å². The quantitative estimate of drug-likeness (QED) is 0.0463. The van der Waals surface area contributed by atoms with E-state index in [4.69, 9.17) is 0 Å². The molecule has 0 aliphatic heterocycles. The molecule has 7 nitrogen and oxygen atoms in total. The number of pyridine rings is 1. The molecule has 0 radical (unpaired) electrons. The van der Waals surface area contributed by atoms with E-state index in [1.54, 1.807) is 24.5 Å². The summed E-state index contributed by atoms with van der Waals surface area (Å²) < 4.78 is 0. The average molecular weight is 843 g/mol. The number of nitrogens with zero attached hydrogens (tertiary/aromatic N) is 1. The highest BCUT2D eigenvalue weighted by Crippen LogP contribution is 2.09. The van der Waals surface area contributed by atoms with E-state index in [1.807, 2.05) is 6.08 Å². The van der Waals surface area contributed by atoms with Gasteiger partial charge in [0.15, 0.2) is 0 Å². The van der Waals surface area contributed by atoms with E-state index >= 15 is 0 Å². The number of nitrogens with one attached hydrogen (secondary N) is 3. The molecule has 1 aromatic heterocycles. The van der Waals surface area contributed by atoms with E-state index in [9.17, 15) is 14.4 Å². The van der Waals surface area contributed by atoms with Gasteiger partial charge < -0.3 is 16.0 Å². The van der Waals surface area contributed by atoms with Crippen molar-refractivity contribution in [3.05, 3.63) is 170 Å². The third-order valence-corrected chi connectivity index (χ3v) is 9.11. The van der Waals surface area contributed by atoms with E-state index in [0.717, 1.165) is 77.0 Å². The predicted octanol–water partition coefficient (Wildman–Crippen LogP) is 13.7. The lowest BCUT2D eigenvalue weighted by Gasteiger charge is -2.18. The van der Waals surface area contributed by atoms with E-state index in [-0.39, 0.29) is 17.7 Å². The Bertz CT molecular complexity index is 1650. The van der Waals surface area contributed by atoms with Crippen LogP contribution in [0.15, 0.2) is 170 Å². The minimum Gasteiger partial charge on any atom is -0.356 e. The Kier molecular flexibility index (Phi) is 38.2. The van der Waals surface area contributed by atoms with Gasteiger partial charge in [0.2, 0.25) is 17.7 Å². The predicted molar refractivity (Wildman–Crippen MR) is 267 cm³/mol. The van der Waals surface area contributed by atoms with Crippen LogP contribution in [0.2, 0.25) is 0 Å². The lowest BCUT2D eigenvalue weighted by atomic mass is 10.1. The topological polar surface area (TPSA) is 100 Å². The van der Waals surface area contributed by atoms with Crippen LogP contribution in [0.25, 0.3) is 0 Å². The monoisotopic (exact) mass is 843 g/mol. The number of allylic oxidation sites excluding steroid dienone is 24. The van der Waals surface area contributed by atoms with Crippen molar-refractivity contribution in [2.75, 3.05) is 11.9 Å². The van der Waals surface area contributed by atoms with Crippen LogP contribution in [-0.4, -0.2) is 35.3 Å². The maximum atomic E-state index is 13.1. The summed E-state index contributed by atoms with van der Waals surface area (Å²) in [6, 6.07) is 2.76. The third-order valence-electron chi connectivity index (χ3n) is 9.11. The van der Waals surface area contributed by atoms with Crippen LogP contribution in [0.4, 0.5) is 5.69 Å². The summed E-state index contributed by atoms with van der Waals surface area (Å²) in [5.74, 6) is -0.416. The Labute approximate surface area is 376 Å². The summed E-state index contributed by atoms with van der Waals surface area (Å²) in [7, 11) is 0. The second-order valence-corrected chi connectivity index (χ2v) is 14.6. The minimum absolute atomic E-state index is 0.0132. The van der Waals surface area contributed by atoms with Crippen LogP contribution >= 0.6 is 0 Å². The molecule has 62 heavy (non-hydrogen) atoms. The average Bonchev–Trinajstić information content (AvgIpc) is 3.27. The molecule has 336 valence electrons. The largest absolute Gasteiger partial charge is 0.356 e. The van der Waals surface area contributed by atoms with Crippen LogP contribution in [0, 0.1) is 0 Å². The first-order chi connectivity index (χ1) is 30.6. The van der Waals surface area contributed by atoms with Crippen molar-refractivity contribution >= 4 is 23.4 Å². The zero-order valence-corrected chi connectivity index (χ0v) is 38.1. The third kappa shape index (κ3) is 37.4. The number of aromatic nitrogens is 1. The number of unbranched alkanes of at least 4 members (excludes halogenated alkanes) is 1. The molecule has 3 amide bonds. The fourth-order valence-electron chi connectivity index (χ4n) is 5.70. The van der Waals surface area contributed by atoms with Crippen LogP contribution in [0.1, 0.15) is 136 Å². The van der Waals surface area contributed by atoms with Gasteiger partial charge in [0.05, 0.1) is 0 Å². The number of carbonyl (C=O) groups excluding carboxylic acids is 3. The summed E-state index contributed by atoms with van der Waals surface area (Å²) >= 11 is 0. The summed E-state index contributed by atoms with van der Waals surface area (Å²) in [6.45, 7) is 4.82. The fourth-order valence-corrected chi connectivity index (χ4v) is 5.70. The van der Waals surface area contributed by atoms with Gasteiger partial charge in [0.25, 0.3) is 0 Å². The molecule has 1 heterocycles. The smallest absolute Gasteiger partial charge is 0.246 e. The Morgan fingerprint density at radius 2 is 0.839 bits per heavy atom. The molecular formula is C55H78N4O3. The van der Waals surface area contributed by atoms with Crippen molar-refractivity contribution in [3.8, 4) is 0 Å². The van der Waals surface area contributed by atoms with Crippen molar-refractivity contribution in [2.45, 2.75) is 142 Å². The maximum Gasteiger partial charge on any atom is 0.246 e. The molecule has 1 aromatic rings. The molecule has 0 spiro atoms. The van der Waals surface area contributed by atoms with Gasteiger partial charge in [-0.2, -0.15) is 0 Å². The number of amides is 3. The van der Waals surface area contributed by atoms with Crippen molar-refractivity contribution < 1.29 is 14.4 Å². The van der Waals surface area contributed by atoms with Crippen LogP contribution in [0.5, 0.6) is 0 Å². The molecular weight excluding hydrogens is 765 g/mol. The van der Waals surface area contributed by atoms with Gasteiger partial charge in [-0.05, 0) is 121 Å². The van der Waals surface area contributed by atoms with Crippen LogP contribution in [0.3, 0.4) is 0 Å². The molecule has 0 aliphatic rings. The van der Waals surface area contributed by atoms with Gasteiger partial charge in [-0.3, -0.25) is 19.4 Å². The lowest BCUT2D eigenvalue weighted by molar-refractivity contribution is -0.126. The number of anilines is 1.